The molecule has 0 radical (unpaired) electrons. The molecule has 0 amide bonds. The van der Waals surface area contributed by atoms with E-state index in [1.807, 2.05) is 0 Å². The fourth-order valence-electron chi connectivity index (χ4n) is 1.05. The fourth-order valence-corrected chi connectivity index (χ4v) is 1.05. The predicted octanol–water partition coefficient (Wildman–Crippen LogP) is 0.789. The molecule has 13 heavy (non-hydrogen) atoms. The lowest BCUT2D eigenvalue weighted by atomic mass is 10.0. The fraction of sp³-hybridized carbons (Fsp3) is 0.333. The topological polar surface area (TPSA) is 72.3 Å². The van der Waals surface area contributed by atoms with E-state index >= 15 is 0 Å². The van der Waals surface area contributed by atoms with Crippen molar-refractivity contribution >= 4 is 5.69 Å². The monoisotopic (exact) mass is 184 g/mol. The van der Waals surface area contributed by atoms with E-state index in [4.69, 9.17) is 11.5 Å². The van der Waals surface area contributed by atoms with Gasteiger partial charge in [0.1, 0.15) is 5.82 Å². The SMILES string of the molecule is CC(O)C(N)c1ccc(F)c(N)c1. The Morgan fingerprint density at radius 3 is 2.54 bits per heavy atom. The molecule has 2 atom stereocenters. The van der Waals surface area contributed by atoms with Crippen LogP contribution in [0.1, 0.15) is 18.5 Å². The van der Waals surface area contributed by atoms with Crippen LogP contribution in [0.2, 0.25) is 0 Å². The second kappa shape index (κ2) is 3.72. The van der Waals surface area contributed by atoms with Crippen LogP contribution >= 0.6 is 0 Å². The van der Waals surface area contributed by atoms with E-state index in [0.717, 1.165) is 0 Å². The van der Waals surface area contributed by atoms with Crippen molar-refractivity contribution in [1.82, 2.24) is 0 Å². The van der Waals surface area contributed by atoms with Crippen LogP contribution < -0.4 is 11.5 Å². The molecule has 0 saturated heterocycles. The van der Waals surface area contributed by atoms with Crippen molar-refractivity contribution in [1.29, 1.82) is 0 Å². The molecule has 72 valence electrons. The van der Waals surface area contributed by atoms with Gasteiger partial charge in [-0.25, -0.2) is 4.39 Å². The van der Waals surface area contributed by atoms with Gasteiger partial charge in [0.15, 0.2) is 0 Å². The summed E-state index contributed by atoms with van der Waals surface area (Å²) in [5.74, 6) is -0.471. The summed E-state index contributed by atoms with van der Waals surface area (Å²) in [5, 5.41) is 9.17. The standard InChI is InChI=1S/C9H13FN2O/c1-5(13)9(12)6-2-3-7(10)8(11)4-6/h2-5,9,13H,11-12H2,1H3. The maximum atomic E-state index is 12.7. The number of hydrogen-bond donors (Lipinski definition) is 3. The first kappa shape index (κ1) is 9.95. The average molecular weight is 184 g/mol. The Morgan fingerprint density at radius 1 is 1.46 bits per heavy atom. The lowest BCUT2D eigenvalue weighted by Gasteiger charge is -2.15. The van der Waals surface area contributed by atoms with Crippen LogP contribution in [0, 0.1) is 5.82 Å². The number of nitrogens with two attached hydrogens (primary N) is 2. The van der Waals surface area contributed by atoms with Crippen LogP contribution in [-0.4, -0.2) is 11.2 Å². The summed E-state index contributed by atoms with van der Waals surface area (Å²) in [7, 11) is 0. The first-order valence-electron chi connectivity index (χ1n) is 4.01. The minimum absolute atomic E-state index is 0.0496. The predicted molar refractivity (Wildman–Crippen MR) is 49.4 cm³/mol. The summed E-state index contributed by atoms with van der Waals surface area (Å²) in [6, 6.07) is 3.67. The minimum Gasteiger partial charge on any atom is -0.396 e. The summed E-state index contributed by atoms with van der Waals surface area (Å²) in [5.41, 5.74) is 11.7. The van der Waals surface area contributed by atoms with Crippen LogP contribution in [0.25, 0.3) is 0 Å². The van der Waals surface area contributed by atoms with Crippen LogP contribution in [0.4, 0.5) is 10.1 Å². The number of nitrogen functional groups attached to an aromatic ring is 1. The van der Waals surface area contributed by atoms with Gasteiger partial charge >= 0.3 is 0 Å². The zero-order valence-electron chi connectivity index (χ0n) is 7.37. The van der Waals surface area contributed by atoms with Gasteiger partial charge < -0.3 is 16.6 Å². The van der Waals surface area contributed by atoms with Crippen LogP contribution in [0.5, 0.6) is 0 Å². The molecule has 0 spiro atoms. The maximum absolute atomic E-state index is 12.7. The highest BCUT2D eigenvalue weighted by Gasteiger charge is 2.12. The Balaban J connectivity index is 2.97. The van der Waals surface area contributed by atoms with E-state index in [1.165, 1.54) is 18.2 Å². The van der Waals surface area contributed by atoms with Crippen molar-refractivity contribution < 1.29 is 9.50 Å². The summed E-state index contributed by atoms with van der Waals surface area (Å²) >= 11 is 0. The summed E-state index contributed by atoms with van der Waals surface area (Å²) in [4.78, 5) is 0. The largest absolute Gasteiger partial charge is 0.396 e. The summed E-state index contributed by atoms with van der Waals surface area (Å²) in [6.07, 6.45) is -0.676. The van der Waals surface area contributed by atoms with E-state index in [2.05, 4.69) is 0 Å². The van der Waals surface area contributed by atoms with Gasteiger partial charge in [-0.2, -0.15) is 0 Å². The number of anilines is 1. The maximum Gasteiger partial charge on any atom is 0.146 e. The van der Waals surface area contributed by atoms with Gasteiger partial charge in [-0.15, -0.1) is 0 Å². The zero-order chi connectivity index (χ0) is 10.0. The molecule has 1 rings (SSSR count). The molecular weight excluding hydrogens is 171 g/mol. The quantitative estimate of drug-likeness (QED) is 0.595. The molecule has 0 aromatic heterocycles. The molecule has 4 heteroatoms. The Bertz CT molecular complexity index is 302. The van der Waals surface area contributed by atoms with Gasteiger partial charge in [0.25, 0.3) is 0 Å². The Labute approximate surface area is 76.2 Å². The van der Waals surface area contributed by atoms with E-state index in [0.29, 0.717) is 5.56 Å². The summed E-state index contributed by atoms with van der Waals surface area (Å²) < 4.78 is 12.7. The van der Waals surface area contributed by atoms with Crippen molar-refractivity contribution in [2.24, 2.45) is 5.73 Å². The molecule has 0 aliphatic carbocycles. The molecule has 0 aliphatic heterocycles. The highest BCUT2D eigenvalue weighted by Crippen LogP contribution is 2.19. The number of rotatable bonds is 2. The van der Waals surface area contributed by atoms with E-state index in [-0.39, 0.29) is 5.69 Å². The molecule has 0 bridgehead atoms. The van der Waals surface area contributed by atoms with Gasteiger partial charge in [0.05, 0.1) is 17.8 Å². The van der Waals surface area contributed by atoms with Gasteiger partial charge in [-0.3, -0.25) is 0 Å². The second-order valence-corrected chi connectivity index (χ2v) is 3.05. The lowest BCUT2D eigenvalue weighted by molar-refractivity contribution is 0.164. The normalized spacial score (nSPS) is 15.4. The van der Waals surface area contributed by atoms with Crippen molar-refractivity contribution in [2.45, 2.75) is 19.1 Å². The number of halogens is 1. The minimum atomic E-state index is -0.676. The van der Waals surface area contributed by atoms with E-state index < -0.39 is 18.0 Å². The number of aliphatic hydroxyl groups excluding tert-OH is 1. The molecule has 1 aromatic carbocycles. The Kier molecular flexibility index (Phi) is 2.85. The molecule has 0 saturated carbocycles. The van der Waals surface area contributed by atoms with Gasteiger partial charge in [0.2, 0.25) is 0 Å². The highest BCUT2D eigenvalue weighted by atomic mass is 19.1. The van der Waals surface area contributed by atoms with Gasteiger partial charge in [-0.05, 0) is 24.6 Å². The number of hydrogen-bond acceptors (Lipinski definition) is 3. The van der Waals surface area contributed by atoms with Crippen LogP contribution in [0.3, 0.4) is 0 Å². The van der Waals surface area contributed by atoms with Crippen LogP contribution in [-0.2, 0) is 0 Å². The Hall–Kier alpha value is -1.13. The third-order valence-electron chi connectivity index (χ3n) is 1.92. The zero-order valence-corrected chi connectivity index (χ0v) is 7.37. The van der Waals surface area contributed by atoms with E-state index in [1.54, 1.807) is 6.92 Å². The third-order valence-corrected chi connectivity index (χ3v) is 1.92. The summed E-state index contributed by atoms with van der Waals surface area (Å²) in [6.45, 7) is 1.57. The van der Waals surface area contributed by atoms with Crippen molar-refractivity contribution in [3.8, 4) is 0 Å². The average Bonchev–Trinajstić information content (AvgIpc) is 2.08. The molecule has 0 heterocycles. The molecule has 1 aromatic rings. The van der Waals surface area contributed by atoms with Crippen molar-refractivity contribution in [2.75, 3.05) is 5.73 Å². The van der Waals surface area contributed by atoms with Crippen LogP contribution in [0.15, 0.2) is 18.2 Å². The highest BCUT2D eigenvalue weighted by molar-refractivity contribution is 5.43. The Morgan fingerprint density at radius 2 is 2.08 bits per heavy atom. The molecule has 3 nitrogen and oxygen atoms in total. The molecule has 0 aliphatic rings. The third kappa shape index (κ3) is 2.17. The molecule has 2 unspecified atom stereocenters. The first-order valence-corrected chi connectivity index (χ1v) is 4.01. The first-order chi connectivity index (χ1) is 6.02. The number of aliphatic hydroxyl groups is 1. The van der Waals surface area contributed by atoms with Crippen molar-refractivity contribution in [3.63, 3.8) is 0 Å². The van der Waals surface area contributed by atoms with Gasteiger partial charge in [0, 0.05) is 0 Å². The number of benzene rings is 1. The molecular formula is C9H13FN2O. The van der Waals surface area contributed by atoms with E-state index in [9.17, 15) is 9.50 Å². The molecule has 0 fully saturated rings. The van der Waals surface area contributed by atoms with Crippen molar-refractivity contribution in [3.05, 3.63) is 29.6 Å². The lowest BCUT2D eigenvalue weighted by Crippen LogP contribution is -2.23. The second-order valence-electron chi connectivity index (χ2n) is 3.05. The molecule has 5 N–H and O–H groups in total. The van der Waals surface area contributed by atoms with Gasteiger partial charge in [-0.1, -0.05) is 6.07 Å². The smallest absolute Gasteiger partial charge is 0.146 e.